The topological polar surface area (TPSA) is 12.9 Å². The van der Waals surface area contributed by atoms with Gasteiger partial charge in [0, 0.05) is 17.8 Å². The third-order valence-electron chi connectivity index (χ3n) is 9.48. The average molecular weight is 398 g/mol. The Morgan fingerprint density at radius 2 is 1.93 bits per heavy atom. The van der Waals surface area contributed by atoms with E-state index in [1.165, 1.54) is 62.1 Å². The molecule has 0 radical (unpaired) electrons. The summed E-state index contributed by atoms with van der Waals surface area (Å²) in [6.07, 6.45) is 20.3. The van der Waals surface area contributed by atoms with Crippen molar-refractivity contribution in [1.82, 2.24) is 4.98 Å². The van der Waals surface area contributed by atoms with E-state index in [-0.39, 0.29) is 0 Å². The molecule has 4 aliphatic rings. The van der Waals surface area contributed by atoms with Gasteiger partial charge in [0.25, 0.3) is 0 Å². The van der Waals surface area contributed by atoms with Crippen molar-refractivity contribution in [2.75, 3.05) is 0 Å². The summed E-state index contributed by atoms with van der Waals surface area (Å²) >= 11 is 0. The van der Waals surface area contributed by atoms with E-state index >= 15 is 0 Å². The minimum absolute atomic E-state index is 0.408. The van der Waals surface area contributed by atoms with Crippen LogP contribution in [0.25, 0.3) is 10.8 Å². The Labute approximate surface area is 181 Å². The number of fused-ring (bicyclic) bond motifs is 5. The van der Waals surface area contributed by atoms with Gasteiger partial charge in [-0.25, -0.2) is 0 Å². The molecular weight excluding hydrogens is 362 g/mol. The van der Waals surface area contributed by atoms with Crippen LogP contribution < -0.4 is 0 Å². The Morgan fingerprint density at radius 3 is 2.87 bits per heavy atom. The number of rotatable bonds is 1. The minimum atomic E-state index is 0.408. The molecule has 4 aliphatic carbocycles. The third-order valence-corrected chi connectivity index (χ3v) is 9.48. The SMILES string of the molecule is C[C@@H]1CCC2=CC3=CC[C@]4(C)[C@@H](c5ccc6ccncc6c5)CC[C@H]4C3CCC2C1. The summed E-state index contributed by atoms with van der Waals surface area (Å²) in [5.74, 6) is 4.12. The summed E-state index contributed by atoms with van der Waals surface area (Å²) in [6.45, 7) is 5.08. The van der Waals surface area contributed by atoms with Gasteiger partial charge in [0.2, 0.25) is 0 Å². The van der Waals surface area contributed by atoms with Crippen molar-refractivity contribution in [2.45, 2.75) is 71.1 Å². The van der Waals surface area contributed by atoms with Gasteiger partial charge in [0.05, 0.1) is 0 Å². The highest BCUT2D eigenvalue weighted by atomic mass is 14.6. The Morgan fingerprint density at radius 1 is 1.00 bits per heavy atom. The van der Waals surface area contributed by atoms with Gasteiger partial charge >= 0.3 is 0 Å². The quantitative estimate of drug-likeness (QED) is 0.477. The number of aromatic nitrogens is 1. The van der Waals surface area contributed by atoms with E-state index in [1.54, 1.807) is 16.7 Å². The van der Waals surface area contributed by atoms with Gasteiger partial charge in [0.1, 0.15) is 0 Å². The smallest absolute Gasteiger partial charge is 0.0346 e. The monoisotopic (exact) mass is 397 g/mol. The molecule has 2 unspecified atom stereocenters. The first-order valence-electron chi connectivity index (χ1n) is 12.4. The fourth-order valence-electron chi connectivity index (χ4n) is 7.80. The van der Waals surface area contributed by atoms with Crippen molar-refractivity contribution in [1.29, 1.82) is 0 Å². The van der Waals surface area contributed by atoms with Crippen molar-refractivity contribution in [2.24, 2.45) is 29.1 Å². The van der Waals surface area contributed by atoms with Crippen LogP contribution in [-0.4, -0.2) is 4.98 Å². The molecular formula is C29H35N. The molecule has 0 spiro atoms. The average Bonchev–Trinajstić information content (AvgIpc) is 3.00. The predicted octanol–water partition coefficient (Wildman–Crippen LogP) is 7.84. The Bertz CT molecular complexity index is 1030. The normalized spacial score (nSPS) is 38.1. The van der Waals surface area contributed by atoms with Crippen molar-refractivity contribution in [3.8, 4) is 0 Å². The van der Waals surface area contributed by atoms with E-state index in [0.717, 1.165) is 23.7 Å². The molecule has 1 nitrogen and oxygen atoms in total. The molecule has 0 aliphatic heterocycles. The van der Waals surface area contributed by atoms with E-state index in [4.69, 9.17) is 0 Å². The number of hydrogen-bond donors (Lipinski definition) is 0. The maximum Gasteiger partial charge on any atom is 0.0346 e. The number of benzene rings is 1. The second-order valence-electron chi connectivity index (χ2n) is 11.1. The van der Waals surface area contributed by atoms with Gasteiger partial charge in [-0.05, 0) is 115 Å². The van der Waals surface area contributed by atoms with Gasteiger partial charge in [-0.3, -0.25) is 4.98 Å². The molecule has 1 heteroatoms. The lowest BCUT2D eigenvalue weighted by molar-refractivity contribution is 0.136. The lowest BCUT2D eigenvalue weighted by atomic mass is 9.60. The second kappa shape index (κ2) is 7.08. The van der Waals surface area contributed by atoms with Crippen molar-refractivity contribution in [3.05, 3.63) is 65.5 Å². The summed E-state index contributed by atoms with van der Waals surface area (Å²) in [5, 5.41) is 2.61. The fourth-order valence-corrected chi connectivity index (χ4v) is 7.80. The van der Waals surface area contributed by atoms with Crippen LogP contribution >= 0.6 is 0 Å². The highest BCUT2D eigenvalue weighted by molar-refractivity contribution is 5.82. The van der Waals surface area contributed by atoms with E-state index in [9.17, 15) is 0 Å². The first-order chi connectivity index (χ1) is 14.6. The molecule has 2 fully saturated rings. The van der Waals surface area contributed by atoms with Gasteiger partial charge < -0.3 is 0 Å². The molecule has 6 atom stereocenters. The zero-order valence-corrected chi connectivity index (χ0v) is 18.6. The van der Waals surface area contributed by atoms with Crippen molar-refractivity contribution >= 4 is 10.8 Å². The van der Waals surface area contributed by atoms with Crippen LogP contribution in [0.1, 0.15) is 76.7 Å². The van der Waals surface area contributed by atoms with Crippen LogP contribution in [0, 0.1) is 29.1 Å². The zero-order chi connectivity index (χ0) is 20.3. The lowest BCUT2D eigenvalue weighted by Gasteiger charge is -2.44. The molecule has 30 heavy (non-hydrogen) atoms. The van der Waals surface area contributed by atoms with E-state index in [1.807, 2.05) is 12.4 Å². The zero-order valence-electron chi connectivity index (χ0n) is 18.6. The fraction of sp³-hybridized carbons (Fsp3) is 0.552. The minimum Gasteiger partial charge on any atom is -0.264 e. The van der Waals surface area contributed by atoms with Crippen molar-refractivity contribution in [3.63, 3.8) is 0 Å². The van der Waals surface area contributed by atoms with Gasteiger partial charge in [-0.1, -0.05) is 43.7 Å². The Hall–Kier alpha value is -1.89. The van der Waals surface area contributed by atoms with Crippen LogP contribution in [0.2, 0.25) is 0 Å². The van der Waals surface area contributed by atoms with Crippen LogP contribution in [0.3, 0.4) is 0 Å². The van der Waals surface area contributed by atoms with Crippen LogP contribution in [0.15, 0.2) is 60.0 Å². The third kappa shape index (κ3) is 2.92. The van der Waals surface area contributed by atoms with Gasteiger partial charge in [0.15, 0.2) is 0 Å². The van der Waals surface area contributed by atoms with Gasteiger partial charge in [-0.2, -0.15) is 0 Å². The number of hydrogen-bond acceptors (Lipinski definition) is 1. The molecule has 0 bridgehead atoms. The standard InChI is InChI=1S/C29H35N/c1-19-3-4-22-16-23-11-13-29(2)27(9-10-28(29)26(23)8-7-21(22)15-19)24-6-5-20-12-14-30-18-25(20)17-24/h5-6,11-12,14,16-19,21,26-28H,3-4,7-10,13,15H2,1-2H3/t19-,21?,26?,27-,28+,29-/m1/s1. The molecule has 0 amide bonds. The molecule has 156 valence electrons. The molecule has 0 saturated heterocycles. The maximum atomic E-state index is 4.37. The van der Waals surface area contributed by atoms with Crippen LogP contribution in [0.5, 0.6) is 0 Å². The Kier molecular flexibility index (Phi) is 4.44. The lowest BCUT2D eigenvalue weighted by Crippen LogP contribution is -2.35. The highest BCUT2D eigenvalue weighted by Crippen LogP contribution is 2.62. The van der Waals surface area contributed by atoms with E-state index in [0.29, 0.717) is 11.3 Å². The van der Waals surface area contributed by atoms with E-state index < -0.39 is 0 Å². The summed E-state index contributed by atoms with van der Waals surface area (Å²) < 4.78 is 0. The summed E-state index contributed by atoms with van der Waals surface area (Å²) in [6, 6.07) is 9.29. The van der Waals surface area contributed by atoms with Crippen LogP contribution in [0.4, 0.5) is 0 Å². The first kappa shape index (κ1) is 18.8. The summed E-state index contributed by atoms with van der Waals surface area (Å²) in [7, 11) is 0. The van der Waals surface area contributed by atoms with Gasteiger partial charge in [-0.15, -0.1) is 0 Å². The molecule has 2 saturated carbocycles. The summed E-state index contributed by atoms with van der Waals surface area (Å²) in [4.78, 5) is 4.37. The molecule has 2 aromatic rings. The first-order valence-corrected chi connectivity index (χ1v) is 12.4. The molecule has 6 rings (SSSR count). The largest absolute Gasteiger partial charge is 0.264 e. The second-order valence-corrected chi connectivity index (χ2v) is 11.1. The predicted molar refractivity (Wildman–Crippen MR) is 125 cm³/mol. The molecule has 0 N–H and O–H groups in total. The highest BCUT2D eigenvalue weighted by Gasteiger charge is 2.52. The summed E-state index contributed by atoms with van der Waals surface area (Å²) in [5.41, 5.74) is 5.47. The number of allylic oxidation sites excluding steroid dienone is 4. The molecule has 1 heterocycles. The van der Waals surface area contributed by atoms with Crippen molar-refractivity contribution < 1.29 is 0 Å². The Balaban J connectivity index is 1.33. The van der Waals surface area contributed by atoms with E-state index in [2.05, 4.69) is 55.2 Å². The molecule has 1 aromatic heterocycles. The number of pyridine rings is 1. The van der Waals surface area contributed by atoms with Crippen LogP contribution in [-0.2, 0) is 0 Å². The molecule has 1 aromatic carbocycles. The maximum absolute atomic E-state index is 4.37. The number of nitrogens with zero attached hydrogens (tertiary/aromatic N) is 1.